The van der Waals surface area contributed by atoms with Gasteiger partial charge in [-0.2, -0.15) is 0 Å². The van der Waals surface area contributed by atoms with Crippen molar-refractivity contribution in [2.75, 3.05) is 10.6 Å². The molecular formula is C30H37N5O3. The smallest absolute Gasteiger partial charge is 0.232 e. The predicted octanol–water partition coefficient (Wildman–Crippen LogP) is 6.42. The van der Waals surface area contributed by atoms with Gasteiger partial charge < -0.3 is 15.6 Å². The van der Waals surface area contributed by atoms with Gasteiger partial charge in [0.05, 0.1) is 22.6 Å². The predicted molar refractivity (Wildman–Crippen MR) is 151 cm³/mol. The Balaban J connectivity index is 0.00000107. The summed E-state index contributed by atoms with van der Waals surface area (Å²) in [5.74, 6) is 1.31. The lowest BCUT2D eigenvalue weighted by atomic mass is 9.82. The second kappa shape index (κ2) is 12.2. The maximum absolute atomic E-state index is 12.9. The Kier molecular flexibility index (Phi) is 8.71. The van der Waals surface area contributed by atoms with Crippen molar-refractivity contribution >= 4 is 40.1 Å². The van der Waals surface area contributed by atoms with E-state index in [-0.39, 0.29) is 23.5 Å². The van der Waals surface area contributed by atoms with Crippen LogP contribution in [0.25, 0.3) is 22.4 Å². The molecule has 2 aliphatic carbocycles. The van der Waals surface area contributed by atoms with Crippen LogP contribution in [0.5, 0.6) is 0 Å². The van der Waals surface area contributed by atoms with Crippen LogP contribution in [0, 0.1) is 11.3 Å². The second-order valence-corrected chi connectivity index (χ2v) is 10.3. The first-order chi connectivity index (χ1) is 18.4. The third-order valence-electron chi connectivity index (χ3n) is 7.59. The van der Waals surface area contributed by atoms with E-state index in [1.54, 1.807) is 18.3 Å². The highest BCUT2D eigenvalue weighted by molar-refractivity contribution is 6.00. The lowest BCUT2D eigenvalue weighted by Gasteiger charge is -2.24. The van der Waals surface area contributed by atoms with Crippen LogP contribution in [0.15, 0.2) is 49.2 Å². The zero-order chi connectivity index (χ0) is 27.1. The number of hydrogen-bond donors (Lipinski definition) is 3. The van der Waals surface area contributed by atoms with Crippen LogP contribution in [0.4, 0.5) is 11.5 Å². The third kappa shape index (κ3) is 6.18. The fourth-order valence-corrected chi connectivity index (χ4v) is 5.27. The number of nitrogens with zero attached hydrogens (tertiary/aromatic N) is 2. The molecule has 1 unspecified atom stereocenters. The van der Waals surface area contributed by atoms with Gasteiger partial charge in [-0.1, -0.05) is 32.3 Å². The van der Waals surface area contributed by atoms with E-state index in [1.807, 2.05) is 38.1 Å². The number of allylic oxidation sites excluding steroid dienone is 1. The molecule has 38 heavy (non-hydrogen) atoms. The number of rotatable bonds is 6. The van der Waals surface area contributed by atoms with Crippen molar-refractivity contribution in [3.8, 4) is 11.4 Å². The Labute approximate surface area is 223 Å². The van der Waals surface area contributed by atoms with Crippen LogP contribution in [-0.4, -0.2) is 32.5 Å². The first-order valence-electron chi connectivity index (χ1n) is 13.5. The van der Waals surface area contributed by atoms with Crippen LogP contribution in [0.2, 0.25) is 0 Å². The van der Waals surface area contributed by atoms with Gasteiger partial charge in [-0.3, -0.25) is 14.4 Å². The van der Waals surface area contributed by atoms with Gasteiger partial charge in [0.25, 0.3) is 0 Å². The number of benzene rings is 1. The van der Waals surface area contributed by atoms with Gasteiger partial charge in [0.15, 0.2) is 0 Å². The number of aromatic nitrogens is 3. The van der Waals surface area contributed by atoms with E-state index in [2.05, 4.69) is 32.2 Å². The zero-order valence-corrected chi connectivity index (χ0v) is 22.3. The maximum Gasteiger partial charge on any atom is 0.232 e. The van der Waals surface area contributed by atoms with Gasteiger partial charge in [0.2, 0.25) is 11.8 Å². The molecule has 2 fully saturated rings. The Morgan fingerprint density at radius 1 is 1.16 bits per heavy atom. The average Bonchev–Trinajstić information content (AvgIpc) is 3.54. The number of imidazole rings is 1. The van der Waals surface area contributed by atoms with Crippen molar-refractivity contribution in [2.45, 2.75) is 71.6 Å². The van der Waals surface area contributed by atoms with Gasteiger partial charge in [0, 0.05) is 36.1 Å². The van der Waals surface area contributed by atoms with E-state index >= 15 is 0 Å². The summed E-state index contributed by atoms with van der Waals surface area (Å²) in [6.07, 6.45) is 10.8. The first-order valence-corrected chi connectivity index (χ1v) is 13.5. The number of carbonyl (C=O) groups excluding carboxylic acids is 3. The van der Waals surface area contributed by atoms with Crippen molar-refractivity contribution in [2.24, 2.45) is 11.3 Å². The molecule has 2 aromatic heterocycles. The number of Topliss-reactive ketones (excluding diaryl/α,β-unsaturated/α-hetero) is 1. The highest BCUT2D eigenvalue weighted by Crippen LogP contribution is 2.40. The largest absolute Gasteiger partial charge is 0.337 e. The number of fused-ring (bicyclic) bond motifs is 1. The average molecular weight is 516 g/mol. The highest BCUT2D eigenvalue weighted by atomic mass is 16.2. The summed E-state index contributed by atoms with van der Waals surface area (Å²) in [5.41, 5.74) is 2.47. The molecular weight excluding hydrogens is 478 g/mol. The molecule has 2 saturated carbocycles. The SMILES string of the molecule is C=CC.CCC1(C(=O)Nc2cc3nc(-c4ccc(NC(=O)C5CCCCC5)cc4)[nH]c3cn2)CCC(=O)C1. The van der Waals surface area contributed by atoms with Crippen LogP contribution in [-0.2, 0) is 14.4 Å². The molecule has 0 bridgehead atoms. The molecule has 3 aromatic rings. The summed E-state index contributed by atoms with van der Waals surface area (Å²) in [4.78, 5) is 49.5. The lowest BCUT2D eigenvalue weighted by Crippen LogP contribution is -2.34. The molecule has 8 heteroatoms. The normalized spacial score (nSPS) is 19.5. The number of carbonyl (C=O) groups is 3. The van der Waals surface area contributed by atoms with Gasteiger partial charge >= 0.3 is 0 Å². The van der Waals surface area contributed by atoms with Crippen molar-refractivity contribution in [1.29, 1.82) is 0 Å². The van der Waals surface area contributed by atoms with Crippen molar-refractivity contribution < 1.29 is 14.4 Å². The topological polar surface area (TPSA) is 117 Å². The molecule has 0 saturated heterocycles. The summed E-state index contributed by atoms with van der Waals surface area (Å²) in [6, 6.07) is 9.37. The van der Waals surface area contributed by atoms with Gasteiger partial charge in [-0.15, -0.1) is 6.58 Å². The summed E-state index contributed by atoms with van der Waals surface area (Å²) in [5, 5.41) is 5.93. The van der Waals surface area contributed by atoms with Gasteiger partial charge in [-0.05, 0) is 56.9 Å². The number of H-pyrrole nitrogens is 1. The van der Waals surface area contributed by atoms with Gasteiger partial charge in [0.1, 0.15) is 17.4 Å². The second-order valence-electron chi connectivity index (χ2n) is 10.3. The monoisotopic (exact) mass is 515 g/mol. The first kappa shape index (κ1) is 27.2. The molecule has 3 N–H and O–H groups in total. The number of ketones is 1. The minimum absolute atomic E-state index is 0.105. The number of anilines is 2. The van der Waals surface area contributed by atoms with E-state index in [4.69, 9.17) is 0 Å². The molecule has 5 rings (SSSR count). The van der Waals surface area contributed by atoms with E-state index in [0.717, 1.165) is 42.5 Å². The fraction of sp³-hybridized carbons (Fsp3) is 0.433. The minimum Gasteiger partial charge on any atom is -0.337 e. The Bertz CT molecular complexity index is 1310. The minimum atomic E-state index is -0.640. The fourth-order valence-electron chi connectivity index (χ4n) is 5.27. The zero-order valence-electron chi connectivity index (χ0n) is 22.3. The van der Waals surface area contributed by atoms with Crippen molar-refractivity contribution in [3.05, 3.63) is 49.2 Å². The molecule has 0 radical (unpaired) electrons. The summed E-state index contributed by atoms with van der Waals surface area (Å²) >= 11 is 0. The standard InChI is InChI=1S/C27H31N5O3.C3H6/c1-2-27(13-12-20(33)15-27)26(35)32-23-14-21-22(16-28-23)31-24(30-21)17-8-10-19(11-9-17)29-25(34)18-6-4-3-5-7-18;1-3-2/h8-11,14,16,18H,2-7,12-13,15H2,1H3,(H,29,34)(H,30,31)(H,28,32,35);3H,1H2,2H3. The quantitative estimate of drug-likeness (QED) is 0.327. The highest BCUT2D eigenvalue weighted by Gasteiger charge is 2.43. The lowest BCUT2D eigenvalue weighted by molar-refractivity contribution is -0.128. The maximum atomic E-state index is 12.9. The summed E-state index contributed by atoms with van der Waals surface area (Å²) in [7, 11) is 0. The van der Waals surface area contributed by atoms with E-state index < -0.39 is 5.41 Å². The number of hydrogen-bond acceptors (Lipinski definition) is 5. The van der Waals surface area contributed by atoms with Crippen LogP contribution < -0.4 is 10.6 Å². The molecule has 1 aromatic carbocycles. The van der Waals surface area contributed by atoms with Crippen LogP contribution in [0.3, 0.4) is 0 Å². The molecule has 2 heterocycles. The Morgan fingerprint density at radius 3 is 2.50 bits per heavy atom. The number of nitrogens with one attached hydrogen (secondary N) is 3. The van der Waals surface area contributed by atoms with Crippen LogP contribution >= 0.6 is 0 Å². The molecule has 2 amide bonds. The van der Waals surface area contributed by atoms with Gasteiger partial charge in [-0.25, -0.2) is 9.97 Å². The molecule has 1 atom stereocenters. The van der Waals surface area contributed by atoms with E-state index in [0.29, 0.717) is 42.8 Å². The van der Waals surface area contributed by atoms with Crippen LogP contribution in [0.1, 0.15) is 71.6 Å². The van der Waals surface area contributed by atoms with E-state index in [1.165, 1.54) is 6.42 Å². The number of amides is 2. The molecule has 2 aliphatic rings. The molecule has 0 spiro atoms. The van der Waals surface area contributed by atoms with E-state index in [9.17, 15) is 14.4 Å². The van der Waals surface area contributed by atoms with Crippen molar-refractivity contribution in [1.82, 2.24) is 15.0 Å². The molecule has 8 nitrogen and oxygen atoms in total. The number of pyridine rings is 1. The summed E-state index contributed by atoms with van der Waals surface area (Å²) < 4.78 is 0. The number of aromatic amines is 1. The Morgan fingerprint density at radius 2 is 1.87 bits per heavy atom. The molecule has 200 valence electrons. The summed E-state index contributed by atoms with van der Waals surface area (Å²) in [6.45, 7) is 7.20. The molecule has 0 aliphatic heterocycles. The van der Waals surface area contributed by atoms with Crippen molar-refractivity contribution in [3.63, 3.8) is 0 Å². The Hall–Kier alpha value is -3.81. The third-order valence-corrected chi connectivity index (χ3v) is 7.59.